The van der Waals surface area contributed by atoms with Gasteiger partial charge in [0.1, 0.15) is 5.75 Å². The number of rotatable bonds is 4. The van der Waals surface area contributed by atoms with Crippen molar-refractivity contribution in [2.75, 3.05) is 20.2 Å². The average Bonchev–Trinajstić information content (AvgIpc) is 3.33. The predicted octanol–water partition coefficient (Wildman–Crippen LogP) is 2.91. The van der Waals surface area contributed by atoms with Crippen LogP contribution in [0.2, 0.25) is 0 Å². The van der Waals surface area contributed by atoms with E-state index in [4.69, 9.17) is 4.74 Å². The second kappa shape index (κ2) is 7.78. The maximum Gasteiger partial charge on any atom is 0.219 e. The minimum Gasteiger partial charge on any atom is -0.496 e. The van der Waals surface area contributed by atoms with Gasteiger partial charge in [-0.25, -0.2) is 0 Å². The monoisotopic (exact) mass is 397 g/mol. The van der Waals surface area contributed by atoms with Crippen LogP contribution in [-0.2, 0) is 24.4 Å². The molecule has 7 nitrogen and oxygen atoms in total. The van der Waals surface area contributed by atoms with Crippen LogP contribution >= 0.6 is 0 Å². The number of benzene rings is 1. The fourth-order valence-electron chi connectivity index (χ4n) is 4.76. The van der Waals surface area contributed by atoms with Crippen molar-refractivity contribution < 1.29 is 9.53 Å². The molecule has 1 atom stereocenters. The number of aryl methyl sites for hydroxylation is 1. The Morgan fingerprint density at radius 2 is 1.97 bits per heavy atom. The van der Waals surface area contributed by atoms with Gasteiger partial charge in [-0.2, -0.15) is 0 Å². The summed E-state index contributed by atoms with van der Waals surface area (Å²) in [5.74, 6) is 3.02. The van der Waals surface area contributed by atoms with Crippen molar-refractivity contribution in [1.82, 2.24) is 24.6 Å². The largest absolute Gasteiger partial charge is 0.496 e. The molecule has 1 aromatic heterocycles. The Balaban J connectivity index is 1.59. The predicted molar refractivity (Wildman–Crippen MR) is 111 cm³/mol. The number of likely N-dealkylation sites (tertiary alicyclic amines) is 1. The molecule has 1 fully saturated rings. The van der Waals surface area contributed by atoms with E-state index < -0.39 is 0 Å². The van der Waals surface area contributed by atoms with Crippen molar-refractivity contribution in [3.8, 4) is 5.75 Å². The lowest BCUT2D eigenvalue weighted by Crippen LogP contribution is -2.38. The third-order valence-corrected chi connectivity index (χ3v) is 6.68. The molecule has 1 aromatic carbocycles. The van der Waals surface area contributed by atoms with Crippen molar-refractivity contribution in [3.63, 3.8) is 0 Å². The molecule has 0 unspecified atom stereocenters. The molecule has 156 valence electrons. The highest BCUT2D eigenvalue weighted by Crippen LogP contribution is 2.36. The van der Waals surface area contributed by atoms with Gasteiger partial charge in [0.2, 0.25) is 5.91 Å². The second-order valence-electron chi connectivity index (χ2n) is 8.32. The van der Waals surface area contributed by atoms with E-state index in [1.165, 1.54) is 28.7 Å². The fraction of sp³-hybridized carbons (Fsp3) is 0.591. The van der Waals surface area contributed by atoms with Gasteiger partial charge in [-0.05, 0) is 68.5 Å². The Hall–Kier alpha value is -2.41. The van der Waals surface area contributed by atoms with E-state index in [1.807, 2.05) is 4.90 Å². The zero-order valence-electron chi connectivity index (χ0n) is 18.2. The SMILES string of the molecule is COc1cc(C)c(CN2CCC[C@@H]2c2nnc3n2CCN(C(C)=O)C3)c(C)c1C. The zero-order chi connectivity index (χ0) is 20.7. The van der Waals surface area contributed by atoms with Gasteiger partial charge in [0.25, 0.3) is 0 Å². The van der Waals surface area contributed by atoms with E-state index in [-0.39, 0.29) is 11.9 Å². The molecule has 0 bridgehead atoms. The van der Waals surface area contributed by atoms with Crippen LogP contribution in [0.25, 0.3) is 0 Å². The second-order valence-corrected chi connectivity index (χ2v) is 8.32. The van der Waals surface area contributed by atoms with Gasteiger partial charge in [0.15, 0.2) is 11.6 Å². The van der Waals surface area contributed by atoms with Crippen molar-refractivity contribution >= 4 is 5.91 Å². The fourth-order valence-corrected chi connectivity index (χ4v) is 4.76. The Morgan fingerprint density at radius 1 is 1.17 bits per heavy atom. The maximum atomic E-state index is 11.7. The molecule has 0 aliphatic carbocycles. The van der Waals surface area contributed by atoms with Crippen molar-refractivity contribution in [1.29, 1.82) is 0 Å². The van der Waals surface area contributed by atoms with E-state index >= 15 is 0 Å². The van der Waals surface area contributed by atoms with Gasteiger partial charge in [-0.1, -0.05) is 0 Å². The molecule has 4 rings (SSSR count). The molecule has 29 heavy (non-hydrogen) atoms. The minimum atomic E-state index is 0.101. The molecular weight excluding hydrogens is 366 g/mol. The number of nitrogens with zero attached hydrogens (tertiary/aromatic N) is 5. The van der Waals surface area contributed by atoms with Gasteiger partial charge in [-0.15, -0.1) is 10.2 Å². The number of ether oxygens (including phenoxy) is 1. The molecule has 0 spiro atoms. The highest BCUT2D eigenvalue weighted by Gasteiger charge is 2.33. The lowest BCUT2D eigenvalue weighted by atomic mass is 9.96. The first-order chi connectivity index (χ1) is 13.9. The lowest BCUT2D eigenvalue weighted by Gasteiger charge is -2.30. The molecule has 0 radical (unpaired) electrons. The summed E-state index contributed by atoms with van der Waals surface area (Å²) >= 11 is 0. The summed E-state index contributed by atoms with van der Waals surface area (Å²) in [6.07, 6.45) is 2.27. The number of hydrogen-bond donors (Lipinski definition) is 0. The summed E-state index contributed by atoms with van der Waals surface area (Å²) in [4.78, 5) is 16.1. The molecular formula is C22H31N5O2. The molecule has 1 amide bonds. The van der Waals surface area contributed by atoms with Gasteiger partial charge < -0.3 is 14.2 Å². The quantitative estimate of drug-likeness (QED) is 0.794. The minimum absolute atomic E-state index is 0.101. The molecule has 3 heterocycles. The van der Waals surface area contributed by atoms with E-state index in [2.05, 4.69) is 46.5 Å². The Bertz CT molecular complexity index is 936. The summed E-state index contributed by atoms with van der Waals surface area (Å²) in [5, 5.41) is 8.99. The van der Waals surface area contributed by atoms with Crippen LogP contribution in [0.15, 0.2) is 6.07 Å². The lowest BCUT2D eigenvalue weighted by molar-refractivity contribution is -0.130. The average molecular weight is 398 g/mol. The molecule has 2 aliphatic heterocycles. The topological polar surface area (TPSA) is 63.5 Å². The molecule has 0 N–H and O–H groups in total. The number of hydrogen-bond acceptors (Lipinski definition) is 5. The third-order valence-electron chi connectivity index (χ3n) is 6.68. The highest BCUT2D eigenvalue weighted by atomic mass is 16.5. The van der Waals surface area contributed by atoms with Crippen LogP contribution in [0, 0.1) is 20.8 Å². The molecule has 7 heteroatoms. The van der Waals surface area contributed by atoms with Crippen LogP contribution in [-0.4, -0.2) is 50.7 Å². The van der Waals surface area contributed by atoms with E-state index in [1.54, 1.807) is 14.0 Å². The number of carbonyl (C=O) groups is 1. The van der Waals surface area contributed by atoms with Gasteiger partial charge in [-0.3, -0.25) is 9.69 Å². The van der Waals surface area contributed by atoms with Gasteiger partial charge in [0, 0.05) is 26.6 Å². The standard InChI is InChI=1S/C22H31N5O2/c1-14-11-20(29-5)16(3)15(2)18(14)12-26-8-6-7-19(26)22-24-23-21-13-25(17(4)28)9-10-27(21)22/h11,19H,6-10,12-13H2,1-5H3/t19-/m1/s1. The van der Waals surface area contributed by atoms with Crippen LogP contribution in [0.4, 0.5) is 0 Å². The summed E-state index contributed by atoms with van der Waals surface area (Å²) < 4.78 is 7.77. The molecule has 0 saturated carbocycles. The maximum absolute atomic E-state index is 11.7. The van der Waals surface area contributed by atoms with Crippen molar-refractivity contribution in [2.45, 2.75) is 66.2 Å². The van der Waals surface area contributed by atoms with Gasteiger partial charge >= 0.3 is 0 Å². The summed E-state index contributed by atoms with van der Waals surface area (Å²) in [6, 6.07) is 2.43. The number of fused-ring (bicyclic) bond motifs is 1. The molecule has 1 saturated heterocycles. The molecule has 2 aromatic rings. The number of carbonyl (C=O) groups excluding carboxylic acids is 1. The van der Waals surface area contributed by atoms with Crippen molar-refractivity contribution in [3.05, 3.63) is 40.0 Å². The Kier molecular flexibility index (Phi) is 5.34. The first-order valence-electron chi connectivity index (χ1n) is 10.5. The number of methoxy groups -OCH3 is 1. The van der Waals surface area contributed by atoms with E-state index in [9.17, 15) is 4.79 Å². The Morgan fingerprint density at radius 3 is 2.69 bits per heavy atom. The summed E-state index contributed by atoms with van der Waals surface area (Å²) in [6.45, 7) is 12.2. The van der Waals surface area contributed by atoms with Crippen LogP contribution in [0.3, 0.4) is 0 Å². The van der Waals surface area contributed by atoms with Crippen LogP contribution in [0.1, 0.15) is 59.7 Å². The van der Waals surface area contributed by atoms with Gasteiger partial charge in [0.05, 0.1) is 19.7 Å². The summed E-state index contributed by atoms with van der Waals surface area (Å²) in [5.41, 5.74) is 5.19. The first-order valence-corrected chi connectivity index (χ1v) is 10.5. The first kappa shape index (κ1) is 19.9. The third kappa shape index (κ3) is 3.52. The van der Waals surface area contributed by atoms with Crippen molar-refractivity contribution in [2.24, 2.45) is 0 Å². The smallest absolute Gasteiger partial charge is 0.219 e. The highest BCUT2D eigenvalue weighted by molar-refractivity contribution is 5.73. The normalized spacial score (nSPS) is 19.5. The summed E-state index contributed by atoms with van der Waals surface area (Å²) in [7, 11) is 1.74. The zero-order valence-corrected chi connectivity index (χ0v) is 18.2. The molecule has 2 aliphatic rings. The number of aromatic nitrogens is 3. The van der Waals surface area contributed by atoms with Crippen LogP contribution in [0.5, 0.6) is 5.75 Å². The Labute approximate surface area is 172 Å². The number of amides is 1. The van der Waals surface area contributed by atoms with Crippen LogP contribution < -0.4 is 4.74 Å². The van der Waals surface area contributed by atoms with E-state index in [0.29, 0.717) is 6.54 Å². The van der Waals surface area contributed by atoms with E-state index in [0.717, 1.165) is 50.0 Å².